The van der Waals surface area contributed by atoms with Gasteiger partial charge in [0.1, 0.15) is 11.0 Å². The van der Waals surface area contributed by atoms with Crippen LogP contribution in [0.1, 0.15) is 5.56 Å². The van der Waals surface area contributed by atoms with Crippen molar-refractivity contribution in [1.29, 1.82) is 0 Å². The number of nitrogens with one attached hydrogen (secondary N) is 1. The van der Waals surface area contributed by atoms with Crippen molar-refractivity contribution >= 4 is 11.0 Å². The number of H-pyrrole nitrogens is 1. The van der Waals surface area contributed by atoms with Gasteiger partial charge in [-0.15, -0.1) is 0 Å². The fourth-order valence-electron chi connectivity index (χ4n) is 1.01. The Balaban J connectivity index is 0.000000605. The van der Waals surface area contributed by atoms with Gasteiger partial charge in [-0.1, -0.05) is 12.1 Å². The van der Waals surface area contributed by atoms with Gasteiger partial charge in [-0.2, -0.15) is 15.4 Å². The molecule has 0 bridgehead atoms. The Morgan fingerprint density at radius 1 is 1.27 bits per heavy atom. The zero-order chi connectivity index (χ0) is 6.97. The van der Waals surface area contributed by atoms with Gasteiger partial charge >= 0.3 is 29.6 Å². The molecular formula is C7H7N3Na+. The van der Waals surface area contributed by atoms with Crippen LogP contribution in [0.25, 0.3) is 11.0 Å². The maximum absolute atomic E-state index is 3.98. The number of benzene rings is 1. The summed E-state index contributed by atoms with van der Waals surface area (Å²) in [5, 5.41) is 10.5. The van der Waals surface area contributed by atoms with Crippen molar-refractivity contribution in [2.24, 2.45) is 0 Å². The summed E-state index contributed by atoms with van der Waals surface area (Å²) in [6, 6.07) is 5.93. The van der Waals surface area contributed by atoms with Gasteiger partial charge in [-0.05, 0) is 18.6 Å². The van der Waals surface area contributed by atoms with E-state index in [2.05, 4.69) is 15.4 Å². The summed E-state index contributed by atoms with van der Waals surface area (Å²) in [7, 11) is 0. The SMILES string of the molecule is Cc1cccc2n[nH]nc12.[Na+]. The third-order valence-electron chi connectivity index (χ3n) is 1.55. The van der Waals surface area contributed by atoms with Crippen LogP contribution >= 0.6 is 0 Å². The summed E-state index contributed by atoms with van der Waals surface area (Å²) in [6.07, 6.45) is 0. The quantitative estimate of drug-likeness (QED) is 0.460. The summed E-state index contributed by atoms with van der Waals surface area (Å²) in [5.74, 6) is 0. The number of hydrogen-bond donors (Lipinski definition) is 1. The van der Waals surface area contributed by atoms with Gasteiger partial charge in [0.2, 0.25) is 0 Å². The summed E-state index contributed by atoms with van der Waals surface area (Å²) < 4.78 is 0. The number of aromatic nitrogens is 3. The van der Waals surface area contributed by atoms with Crippen LogP contribution in [0, 0.1) is 6.92 Å². The fourth-order valence-corrected chi connectivity index (χ4v) is 1.01. The minimum absolute atomic E-state index is 0. The number of aryl methyl sites for hydroxylation is 1. The van der Waals surface area contributed by atoms with E-state index in [1.54, 1.807) is 0 Å². The molecule has 0 fully saturated rings. The monoisotopic (exact) mass is 156 g/mol. The van der Waals surface area contributed by atoms with Crippen molar-refractivity contribution in [2.75, 3.05) is 0 Å². The van der Waals surface area contributed by atoms with Crippen LogP contribution in [0.15, 0.2) is 18.2 Å². The Labute approximate surface area is 86.5 Å². The van der Waals surface area contributed by atoms with Gasteiger partial charge < -0.3 is 0 Å². The van der Waals surface area contributed by atoms with Crippen LogP contribution in [-0.2, 0) is 0 Å². The van der Waals surface area contributed by atoms with Crippen molar-refractivity contribution in [1.82, 2.24) is 15.4 Å². The molecule has 0 amide bonds. The molecule has 1 N–H and O–H groups in total. The molecular weight excluding hydrogens is 149 g/mol. The third-order valence-corrected chi connectivity index (χ3v) is 1.55. The Hall–Kier alpha value is -0.380. The molecule has 0 unspecified atom stereocenters. The number of hydrogen-bond acceptors (Lipinski definition) is 2. The zero-order valence-corrected chi connectivity index (χ0v) is 8.63. The molecule has 1 aromatic heterocycles. The Morgan fingerprint density at radius 3 is 2.82 bits per heavy atom. The first kappa shape index (κ1) is 8.71. The number of para-hydroxylation sites is 1. The molecule has 0 aliphatic carbocycles. The van der Waals surface area contributed by atoms with Crippen LogP contribution in [0.3, 0.4) is 0 Å². The van der Waals surface area contributed by atoms with Crippen molar-refractivity contribution in [3.8, 4) is 0 Å². The molecule has 0 saturated carbocycles. The average Bonchev–Trinajstić information content (AvgIpc) is 2.36. The van der Waals surface area contributed by atoms with E-state index in [0.717, 1.165) is 16.6 Å². The minimum Gasteiger partial charge on any atom is -0.197 e. The normalized spacial score (nSPS) is 9.55. The molecule has 1 heterocycles. The topological polar surface area (TPSA) is 41.6 Å². The predicted octanol–water partition coefficient (Wildman–Crippen LogP) is -1.73. The van der Waals surface area contributed by atoms with Crippen molar-refractivity contribution in [2.45, 2.75) is 6.92 Å². The first-order chi connectivity index (χ1) is 4.88. The van der Waals surface area contributed by atoms with E-state index in [9.17, 15) is 0 Å². The summed E-state index contributed by atoms with van der Waals surface area (Å²) >= 11 is 0. The Kier molecular flexibility index (Phi) is 2.65. The largest absolute Gasteiger partial charge is 1.00 e. The van der Waals surface area contributed by atoms with Crippen LogP contribution in [0.5, 0.6) is 0 Å². The second-order valence-electron chi connectivity index (χ2n) is 2.27. The van der Waals surface area contributed by atoms with Crippen LogP contribution < -0.4 is 29.6 Å². The predicted molar refractivity (Wildman–Crippen MR) is 38.6 cm³/mol. The maximum Gasteiger partial charge on any atom is 1.00 e. The molecule has 2 aromatic rings. The van der Waals surface area contributed by atoms with E-state index in [1.807, 2.05) is 25.1 Å². The molecule has 2 rings (SSSR count). The van der Waals surface area contributed by atoms with Gasteiger partial charge in [0.15, 0.2) is 0 Å². The smallest absolute Gasteiger partial charge is 0.197 e. The van der Waals surface area contributed by atoms with E-state index in [-0.39, 0.29) is 29.6 Å². The maximum atomic E-state index is 3.98. The van der Waals surface area contributed by atoms with Gasteiger partial charge in [0.25, 0.3) is 0 Å². The first-order valence-electron chi connectivity index (χ1n) is 3.14. The van der Waals surface area contributed by atoms with E-state index in [4.69, 9.17) is 0 Å². The first-order valence-corrected chi connectivity index (χ1v) is 3.14. The molecule has 0 spiro atoms. The minimum atomic E-state index is 0. The Bertz CT molecular complexity index is 355. The second-order valence-corrected chi connectivity index (χ2v) is 2.27. The van der Waals surface area contributed by atoms with Crippen LogP contribution in [0.4, 0.5) is 0 Å². The van der Waals surface area contributed by atoms with Gasteiger partial charge in [0.05, 0.1) is 0 Å². The molecule has 0 atom stereocenters. The molecule has 0 aliphatic rings. The van der Waals surface area contributed by atoms with Gasteiger partial charge in [-0.3, -0.25) is 0 Å². The molecule has 0 saturated heterocycles. The van der Waals surface area contributed by atoms with Crippen LogP contribution in [0.2, 0.25) is 0 Å². The van der Waals surface area contributed by atoms with Crippen molar-refractivity contribution in [3.63, 3.8) is 0 Å². The molecule has 50 valence electrons. The molecule has 4 heteroatoms. The van der Waals surface area contributed by atoms with Gasteiger partial charge in [-0.25, -0.2) is 0 Å². The van der Waals surface area contributed by atoms with Crippen LogP contribution in [-0.4, -0.2) is 15.4 Å². The molecule has 1 aromatic carbocycles. The average molecular weight is 156 g/mol. The zero-order valence-electron chi connectivity index (χ0n) is 6.63. The fraction of sp³-hybridized carbons (Fsp3) is 0.143. The van der Waals surface area contributed by atoms with E-state index in [0.29, 0.717) is 0 Å². The van der Waals surface area contributed by atoms with Crippen molar-refractivity contribution < 1.29 is 29.6 Å². The van der Waals surface area contributed by atoms with E-state index < -0.39 is 0 Å². The third kappa shape index (κ3) is 1.45. The van der Waals surface area contributed by atoms with Crippen molar-refractivity contribution in [3.05, 3.63) is 23.8 Å². The van der Waals surface area contributed by atoms with E-state index in [1.165, 1.54) is 0 Å². The number of fused-ring (bicyclic) bond motifs is 1. The molecule has 0 radical (unpaired) electrons. The Morgan fingerprint density at radius 2 is 2.09 bits per heavy atom. The summed E-state index contributed by atoms with van der Waals surface area (Å²) in [6.45, 7) is 2.02. The summed E-state index contributed by atoms with van der Waals surface area (Å²) in [5.41, 5.74) is 3.05. The molecule has 0 aliphatic heterocycles. The molecule has 11 heavy (non-hydrogen) atoms. The van der Waals surface area contributed by atoms with Gasteiger partial charge in [0, 0.05) is 0 Å². The number of aromatic amines is 1. The van der Waals surface area contributed by atoms with E-state index >= 15 is 0 Å². The number of rotatable bonds is 0. The standard InChI is InChI=1S/C7H7N3.Na/c1-5-3-2-4-6-7(5)9-10-8-6;/h2-4H,1H3,(H,8,9,10);/q;+1. The molecule has 3 nitrogen and oxygen atoms in total. The summed E-state index contributed by atoms with van der Waals surface area (Å²) in [4.78, 5) is 0. The number of nitrogens with zero attached hydrogens (tertiary/aromatic N) is 2. The second kappa shape index (κ2) is 3.34.